The van der Waals surface area contributed by atoms with Crippen LogP contribution in [0.3, 0.4) is 0 Å². The first-order valence-corrected chi connectivity index (χ1v) is 15.7. The predicted octanol–water partition coefficient (Wildman–Crippen LogP) is 3.29. The third-order valence-corrected chi connectivity index (χ3v) is 7.91. The molecule has 2 aromatic rings. The number of aromatic hydroxyl groups is 2. The molecule has 2 heterocycles. The molecular formula is C36H42N2O10Pt. The van der Waals surface area contributed by atoms with E-state index in [1.165, 1.54) is 38.8 Å². The average Bonchev–Trinajstić information content (AvgIpc) is 3.00. The van der Waals surface area contributed by atoms with Crippen molar-refractivity contribution in [3.8, 4) is 11.5 Å². The van der Waals surface area contributed by atoms with Crippen LogP contribution in [0.15, 0.2) is 72.2 Å². The number of ether oxygens (including phenoxy) is 2. The summed E-state index contributed by atoms with van der Waals surface area (Å²) in [5.74, 6) is -5.67. The van der Waals surface area contributed by atoms with Crippen LogP contribution in [0.5, 0.6) is 11.5 Å². The molecule has 5 rings (SSSR count). The van der Waals surface area contributed by atoms with Gasteiger partial charge in [0.25, 0.3) is 0 Å². The number of benzene rings is 2. The van der Waals surface area contributed by atoms with Crippen LogP contribution in [0.2, 0.25) is 0 Å². The van der Waals surface area contributed by atoms with E-state index in [0.717, 1.165) is 36.1 Å². The van der Waals surface area contributed by atoms with Gasteiger partial charge in [-0.1, -0.05) is 37.1 Å². The van der Waals surface area contributed by atoms with Crippen molar-refractivity contribution in [2.45, 2.75) is 77.3 Å². The van der Waals surface area contributed by atoms with Crippen LogP contribution in [0.1, 0.15) is 63.5 Å². The molecule has 266 valence electrons. The molecule has 4 atom stereocenters. The first-order chi connectivity index (χ1) is 22.7. The fraction of sp³-hybridized carbons (Fsp3) is 0.389. The Hall–Kier alpha value is -4.25. The molecule has 1 fully saturated rings. The number of hydrogen-bond donors (Lipinski definition) is 4. The summed E-state index contributed by atoms with van der Waals surface area (Å²) in [6, 6.07) is 13.6. The number of cyclic esters (lactones) is 2. The molecule has 3 aliphatic rings. The minimum atomic E-state index is -1.35. The third-order valence-electron chi connectivity index (χ3n) is 7.91. The molecule has 2 aromatic carbocycles. The third kappa shape index (κ3) is 12.9. The van der Waals surface area contributed by atoms with Crippen LogP contribution >= 0.6 is 0 Å². The zero-order chi connectivity index (χ0) is 35.4. The van der Waals surface area contributed by atoms with Crippen LogP contribution in [-0.2, 0) is 72.1 Å². The van der Waals surface area contributed by atoms with Gasteiger partial charge in [-0.05, 0) is 74.9 Å². The Morgan fingerprint density at radius 2 is 1.06 bits per heavy atom. The van der Waals surface area contributed by atoms with Crippen molar-refractivity contribution in [2.24, 2.45) is 23.3 Å². The number of aryl methyl sites for hydroxylation is 2. The van der Waals surface area contributed by atoms with E-state index in [1.807, 2.05) is 0 Å². The number of phenolic OH excluding ortho intramolecular Hbond substituents is 2. The zero-order valence-electron chi connectivity index (χ0n) is 27.4. The maximum absolute atomic E-state index is 12.0. The van der Waals surface area contributed by atoms with Gasteiger partial charge in [0.15, 0.2) is 35.0 Å². The van der Waals surface area contributed by atoms with E-state index >= 15 is 0 Å². The van der Waals surface area contributed by atoms with Crippen LogP contribution in [0.4, 0.5) is 0 Å². The molecule has 6 N–H and O–H groups in total. The molecule has 0 radical (unpaired) electrons. The van der Waals surface area contributed by atoms with Crippen LogP contribution in [0.25, 0.3) is 0 Å². The van der Waals surface area contributed by atoms with Crippen molar-refractivity contribution in [1.29, 1.82) is 0 Å². The Balaban J connectivity index is 0.000000274. The van der Waals surface area contributed by atoms with Crippen molar-refractivity contribution in [3.63, 3.8) is 0 Å². The number of esters is 2. The predicted molar refractivity (Wildman–Crippen MR) is 174 cm³/mol. The van der Waals surface area contributed by atoms with Crippen molar-refractivity contribution in [3.05, 3.63) is 83.3 Å². The van der Waals surface area contributed by atoms with E-state index in [9.17, 15) is 39.0 Å². The van der Waals surface area contributed by atoms with Gasteiger partial charge in [0.05, 0.1) is 0 Å². The monoisotopic (exact) mass is 857 g/mol. The van der Waals surface area contributed by atoms with Crippen LogP contribution < -0.4 is 11.5 Å². The standard InChI is InChI=1S/2C15H14O5.C6H14N2.Pt/c2*1-9-7-13(18)14(15(19)20-9)12(17)6-5-10-3-2-4-11(16)8-10;7-5-3-1-2-4-6(5)8;/h2*2-4,7-8,14,16H,5-6H2,1H3;5-6H,1-4,7-8H2;/t;;5-,6-;/m..1./s1. The van der Waals surface area contributed by atoms with Gasteiger partial charge in [-0.25, -0.2) is 0 Å². The summed E-state index contributed by atoms with van der Waals surface area (Å²) >= 11 is 0. The second-order valence-corrected chi connectivity index (χ2v) is 11.9. The zero-order valence-corrected chi connectivity index (χ0v) is 29.6. The molecule has 12 nitrogen and oxygen atoms in total. The van der Waals surface area contributed by atoms with E-state index in [0.29, 0.717) is 12.8 Å². The number of Topliss-reactive ketones (excluding diaryl/α,β-unsaturated/α-hetero) is 2. The number of phenols is 2. The fourth-order valence-corrected chi connectivity index (χ4v) is 5.31. The smallest absolute Gasteiger partial charge is 0.329 e. The minimum absolute atomic E-state index is 0. The topological polar surface area (TPSA) is 213 Å². The van der Waals surface area contributed by atoms with Gasteiger partial charge < -0.3 is 31.2 Å². The number of carbonyl (C=O) groups is 6. The van der Waals surface area contributed by atoms with Crippen molar-refractivity contribution >= 4 is 35.1 Å². The number of rotatable bonds is 8. The van der Waals surface area contributed by atoms with E-state index in [2.05, 4.69) is 0 Å². The fourth-order valence-electron chi connectivity index (χ4n) is 5.31. The maximum atomic E-state index is 12.0. The quantitative estimate of drug-likeness (QED) is 0.223. The summed E-state index contributed by atoms with van der Waals surface area (Å²) in [4.78, 5) is 70.5. The molecule has 0 bridgehead atoms. The van der Waals surface area contributed by atoms with Gasteiger partial charge in [-0.15, -0.1) is 0 Å². The Morgan fingerprint density at radius 3 is 1.37 bits per heavy atom. The van der Waals surface area contributed by atoms with Gasteiger partial charge in [0.1, 0.15) is 23.0 Å². The number of nitrogens with two attached hydrogens (primary N) is 2. The molecule has 0 amide bonds. The Morgan fingerprint density at radius 1 is 0.694 bits per heavy atom. The molecule has 1 aliphatic carbocycles. The molecule has 1 saturated carbocycles. The molecule has 0 saturated heterocycles. The molecule has 0 aromatic heterocycles. The molecule has 13 heteroatoms. The number of hydrogen-bond acceptors (Lipinski definition) is 12. The van der Waals surface area contributed by atoms with E-state index < -0.39 is 46.9 Å². The molecule has 0 spiro atoms. The van der Waals surface area contributed by atoms with Crippen LogP contribution in [-0.4, -0.2) is 57.4 Å². The van der Waals surface area contributed by atoms with Crippen LogP contribution in [0, 0.1) is 11.8 Å². The first kappa shape index (κ1) is 40.9. The first-order valence-electron chi connectivity index (χ1n) is 15.7. The Labute approximate surface area is 299 Å². The summed E-state index contributed by atoms with van der Waals surface area (Å²) in [7, 11) is 0. The minimum Gasteiger partial charge on any atom is -0.508 e. The number of ketones is 4. The molecular weight excluding hydrogens is 815 g/mol. The normalized spacial score (nSPS) is 21.6. The van der Waals surface area contributed by atoms with Gasteiger partial charge in [0, 0.05) is 58.1 Å². The molecule has 49 heavy (non-hydrogen) atoms. The molecule has 2 aliphatic heterocycles. The van der Waals surface area contributed by atoms with Gasteiger partial charge >= 0.3 is 11.9 Å². The summed E-state index contributed by atoms with van der Waals surface area (Å²) in [5.41, 5.74) is 12.8. The van der Waals surface area contributed by atoms with Crippen molar-refractivity contribution in [2.75, 3.05) is 0 Å². The van der Waals surface area contributed by atoms with E-state index in [4.69, 9.17) is 20.9 Å². The second-order valence-electron chi connectivity index (χ2n) is 11.9. The summed E-state index contributed by atoms with van der Waals surface area (Å²) in [6.45, 7) is 2.98. The Kier molecular flexibility index (Phi) is 16.4. The average molecular weight is 858 g/mol. The summed E-state index contributed by atoms with van der Waals surface area (Å²) in [5, 5.41) is 18.6. The van der Waals surface area contributed by atoms with Crippen molar-refractivity contribution < 1.29 is 69.5 Å². The number of allylic oxidation sites excluding steroid dienone is 4. The number of carbonyl (C=O) groups excluding carboxylic acids is 6. The summed E-state index contributed by atoms with van der Waals surface area (Å²) in [6.07, 6.45) is 7.92. The van der Waals surface area contributed by atoms with Gasteiger partial charge in [-0.3, -0.25) is 28.8 Å². The summed E-state index contributed by atoms with van der Waals surface area (Å²) < 4.78 is 9.60. The van der Waals surface area contributed by atoms with Crippen molar-refractivity contribution in [1.82, 2.24) is 0 Å². The SMILES string of the molecule is CC1=CC(=O)C(C(=O)CCc2cccc(O)c2)C(=O)O1.CC1=CC(=O)C(C(=O)CCc2cccc(O)c2)C(=O)O1.N[C@@H]1CCCC[C@H]1N.[Pt]. The Bertz CT molecular complexity index is 1480. The largest absolute Gasteiger partial charge is 0.508 e. The van der Waals surface area contributed by atoms with Gasteiger partial charge in [0.2, 0.25) is 0 Å². The second kappa shape index (κ2) is 19.7. The van der Waals surface area contributed by atoms with Gasteiger partial charge in [-0.2, -0.15) is 0 Å². The van der Waals surface area contributed by atoms with E-state index in [1.54, 1.807) is 36.4 Å². The van der Waals surface area contributed by atoms with E-state index in [-0.39, 0.29) is 69.0 Å². The maximum Gasteiger partial charge on any atom is 0.329 e. The molecule has 2 unspecified atom stereocenters.